The molecule has 3 aromatic carbocycles. The molecule has 0 saturated carbocycles. The Bertz CT molecular complexity index is 1800. The maximum atomic E-state index is 13.2. The molecule has 5 aromatic rings. The maximum absolute atomic E-state index is 13.2. The van der Waals surface area contributed by atoms with E-state index < -0.39 is 4.92 Å². The summed E-state index contributed by atoms with van der Waals surface area (Å²) in [6.07, 6.45) is 1.67. The number of aliphatic hydroxyl groups excluding tert-OH is 1. The molecule has 3 heterocycles. The third-order valence-electron chi connectivity index (χ3n) is 6.86. The van der Waals surface area contributed by atoms with Crippen LogP contribution >= 0.6 is 0 Å². The van der Waals surface area contributed by atoms with Crippen LogP contribution in [-0.2, 0) is 19.7 Å². The highest BCUT2D eigenvalue weighted by molar-refractivity contribution is 6.12. The van der Waals surface area contributed by atoms with E-state index in [4.69, 9.17) is 4.99 Å². The summed E-state index contributed by atoms with van der Waals surface area (Å²) in [5.74, 6) is 1.44. The minimum Gasteiger partial charge on any atom is -0.392 e. The molecule has 2 aromatic heterocycles. The van der Waals surface area contributed by atoms with Gasteiger partial charge in [-0.15, -0.1) is 0 Å². The van der Waals surface area contributed by atoms with Gasteiger partial charge in [-0.1, -0.05) is 54.1 Å². The molecule has 0 amide bonds. The quantitative estimate of drug-likeness (QED) is 0.209. The van der Waals surface area contributed by atoms with E-state index in [2.05, 4.69) is 15.3 Å². The Morgan fingerprint density at radius 2 is 1.57 bits per heavy atom. The van der Waals surface area contributed by atoms with Crippen LogP contribution in [0.2, 0.25) is 0 Å². The summed E-state index contributed by atoms with van der Waals surface area (Å²) < 4.78 is 3.48. The van der Waals surface area contributed by atoms with E-state index in [-0.39, 0.29) is 18.0 Å². The van der Waals surface area contributed by atoms with Crippen molar-refractivity contribution in [3.63, 3.8) is 0 Å². The standard InChI is InChI=1S/C29H25N7O4/c1-18-2-4-20(5-3-18)15-35-28-25(31-29(35)38)24-27(32-26(33-28)22-10-12-23(13-11-22)36(39)40)34(17-30-24)14-19-6-8-21(16-37)9-7-19/h2-13,17,37H,14-16H2,1H3,(H,31,38)(H,32,33). The van der Waals surface area contributed by atoms with Crippen molar-refractivity contribution in [1.29, 1.82) is 0 Å². The number of anilines is 1. The van der Waals surface area contributed by atoms with Crippen LogP contribution in [0.4, 0.5) is 17.3 Å². The van der Waals surface area contributed by atoms with E-state index >= 15 is 0 Å². The van der Waals surface area contributed by atoms with E-state index in [9.17, 15) is 20.0 Å². The third kappa shape index (κ3) is 4.69. The fourth-order valence-electron chi connectivity index (χ4n) is 4.65. The first-order chi connectivity index (χ1) is 19.4. The minimum atomic E-state index is -0.454. The summed E-state index contributed by atoms with van der Waals surface area (Å²) in [7, 11) is 0. The molecule has 1 aliphatic heterocycles. The first-order valence-corrected chi connectivity index (χ1v) is 12.6. The third-order valence-corrected chi connectivity index (χ3v) is 6.86. The van der Waals surface area contributed by atoms with Gasteiger partial charge in [0.1, 0.15) is 23.0 Å². The molecular formula is C29H25N7O4. The Morgan fingerprint density at radius 1 is 0.925 bits per heavy atom. The Kier molecular flexibility index (Phi) is 6.33. The smallest absolute Gasteiger partial charge is 0.327 e. The number of nitro benzene ring substituents is 1. The van der Waals surface area contributed by atoms with Crippen LogP contribution in [0.25, 0.3) is 11.4 Å². The van der Waals surface area contributed by atoms with Crippen LogP contribution in [0.1, 0.15) is 27.8 Å². The zero-order valence-corrected chi connectivity index (χ0v) is 21.5. The van der Waals surface area contributed by atoms with Gasteiger partial charge in [0.15, 0.2) is 5.82 Å². The number of aromatic nitrogens is 4. The molecule has 0 bridgehead atoms. The highest BCUT2D eigenvalue weighted by atomic mass is 16.6. The molecule has 11 nitrogen and oxygen atoms in total. The molecule has 0 atom stereocenters. The largest absolute Gasteiger partial charge is 0.392 e. The number of benzene rings is 3. The number of aliphatic imine (C=N–C) groups is 1. The summed E-state index contributed by atoms with van der Waals surface area (Å²) >= 11 is 0. The Hall–Kier alpha value is -5.29. The fraction of sp³-hybridized carbons (Fsp3) is 0.138. The number of H-pyrrole nitrogens is 1. The molecule has 0 spiro atoms. The summed E-state index contributed by atoms with van der Waals surface area (Å²) in [5, 5.41) is 23.9. The average molecular weight is 536 g/mol. The first-order valence-electron chi connectivity index (χ1n) is 12.6. The van der Waals surface area contributed by atoms with Crippen LogP contribution < -0.4 is 11.0 Å². The zero-order chi connectivity index (χ0) is 27.8. The van der Waals surface area contributed by atoms with Gasteiger partial charge in [0.25, 0.3) is 5.69 Å². The molecule has 3 N–H and O–H groups in total. The molecule has 0 fully saturated rings. The predicted molar refractivity (Wildman–Crippen MR) is 151 cm³/mol. The van der Waals surface area contributed by atoms with Crippen molar-refractivity contribution in [3.8, 4) is 11.4 Å². The van der Waals surface area contributed by atoms with Crippen molar-refractivity contribution in [3.05, 3.63) is 128 Å². The molecule has 0 saturated heterocycles. The Labute approximate surface area is 228 Å². The topological polar surface area (TPSA) is 143 Å². The number of aryl methyl sites for hydroxylation is 1. The van der Waals surface area contributed by atoms with E-state index in [0.29, 0.717) is 47.5 Å². The average Bonchev–Trinajstić information content (AvgIpc) is 3.44. The summed E-state index contributed by atoms with van der Waals surface area (Å²) in [5.41, 5.74) is 5.15. The van der Waals surface area contributed by atoms with Crippen LogP contribution in [0.5, 0.6) is 0 Å². The molecule has 0 unspecified atom stereocenters. The van der Waals surface area contributed by atoms with Crippen molar-refractivity contribution < 1.29 is 10.0 Å². The highest BCUT2D eigenvalue weighted by Crippen LogP contribution is 2.36. The van der Waals surface area contributed by atoms with Crippen LogP contribution in [0, 0.1) is 17.0 Å². The number of hydrogen-bond donors (Lipinski definition) is 3. The minimum absolute atomic E-state index is 0.0337. The number of rotatable bonds is 7. The van der Waals surface area contributed by atoms with Crippen molar-refractivity contribution in [2.75, 3.05) is 5.32 Å². The summed E-state index contributed by atoms with van der Waals surface area (Å²) in [6, 6.07) is 21.6. The molecule has 11 heteroatoms. The number of aliphatic hydroxyl groups is 1. The predicted octanol–water partition coefficient (Wildman–Crippen LogP) is 4.35. The molecule has 200 valence electrons. The molecule has 40 heavy (non-hydrogen) atoms. The number of aromatic amines is 1. The van der Waals surface area contributed by atoms with Crippen molar-refractivity contribution in [1.82, 2.24) is 19.1 Å². The maximum Gasteiger partial charge on any atom is 0.327 e. The number of hydrogen-bond acceptors (Lipinski definition) is 7. The number of non-ortho nitro benzene ring substituents is 1. The van der Waals surface area contributed by atoms with E-state index in [1.54, 1.807) is 23.0 Å². The second kappa shape index (κ2) is 10.1. The molecular weight excluding hydrogens is 510 g/mol. The SMILES string of the molecule is Cc1ccc(Cn2c3c([nH]c2=O)-c2ncn(Cc4ccc(CO)cc4)c2N=C(c2ccc([N+](=O)[O-])cc2)N3)cc1. The van der Waals surface area contributed by atoms with Crippen molar-refractivity contribution >= 4 is 23.2 Å². The number of imidazole rings is 2. The molecule has 0 radical (unpaired) electrons. The van der Waals surface area contributed by atoms with Gasteiger partial charge >= 0.3 is 5.69 Å². The summed E-state index contributed by atoms with van der Waals surface area (Å²) in [4.78, 5) is 36.5. The monoisotopic (exact) mass is 535 g/mol. The lowest BCUT2D eigenvalue weighted by molar-refractivity contribution is -0.384. The lowest BCUT2D eigenvalue weighted by Gasteiger charge is -2.12. The first kappa shape index (κ1) is 25.0. The Morgan fingerprint density at radius 3 is 2.25 bits per heavy atom. The Balaban J connectivity index is 1.47. The number of nitro groups is 1. The number of nitrogens with one attached hydrogen (secondary N) is 2. The van der Waals surface area contributed by atoms with Gasteiger partial charge in [-0.25, -0.2) is 14.8 Å². The van der Waals surface area contributed by atoms with Gasteiger partial charge in [0.05, 0.1) is 30.9 Å². The molecule has 6 rings (SSSR count). The number of fused-ring (bicyclic) bond motifs is 3. The lowest BCUT2D eigenvalue weighted by atomic mass is 10.1. The van der Waals surface area contributed by atoms with E-state index in [1.165, 1.54) is 12.1 Å². The second-order valence-electron chi connectivity index (χ2n) is 9.63. The van der Waals surface area contributed by atoms with E-state index in [0.717, 1.165) is 22.3 Å². The number of nitrogens with zero attached hydrogens (tertiary/aromatic N) is 5. The summed E-state index contributed by atoms with van der Waals surface area (Å²) in [6.45, 7) is 2.74. The van der Waals surface area contributed by atoms with Gasteiger partial charge in [0.2, 0.25) is 0 Å². The second-order valence-corrected chi connectivity index (χ2v) is 9.63. The van der Waals surface area contributed by atoms with Crippen molar-refractivity contribution in [2.24, 2.45) is 4.99 Å². The fourth-order valence-corrected chi connectivity index (χ4v) is 4.65. The van der Waals surface area contributed by atoms with Crippen molar-refractivity contribution in [2.45, 2.75) is 26.6 Å². The van der Waals surface area contributed by atoms with Crippen LogP contribution in [-0.4, -0.2) is 35.0 Å². The van der Waals surface area contributed by atoms with E-state index in [1.807, 2.05) is 60.0 Å². The van der Waals surface area contributed by atoms with Gasteiger partial charge in [-0.3, -0.25) is 14.7 Å². The van der Waals surface area contributed by atoms with Gasteiger partial charge < -0.3 is 20.0 Å². The van der Waals surface area contributed by atoms with Gasteiger partial charge in [0, 0.05) is 17.7 Å². The normalized spacial score (nSPS) is 12.2. The van der Waals surface area contributed by atoms with Crippen LogP contribution in [0.15, 0.2) is 88.9 Å². The van der Waals surface area contributed by atoms with Gasteiger partial charge in [-0.05, 0) is 35.7 Å². The van der Waals surface area contributed by atoms with Gasteiger partial charge in [-0.2, -0.15) is 0 Å². The lowest BCUT2D eigenvalue weighted by Crippen LogP contribution is -2.22. The molecule has 0 aliphatic carbocycles. The highest BCUT2D eigenvalue weighted by Gasteiger charge is 2.27. The number of amidine groups is 1. The zero-order valence-electron chi connectivity index (χ0n) is 21.5. The molecule has 1 aliphatic rings. The van der Waals surface area contributed by atoms with Crippen LogP contribution in [0.3, 0.4) is 0 Å².